The maximum atomic E-state index is 14.9. The van der Waals surface area contributed by atoms with Crippen molar-refractivity contribution in [3.63, 3.8) is 0 Å². The Bertz CT molecular complexity index is 1120. The van der Waals surface area contributed by atoms with Crippen molar-refractivity contribution >= 4 is 23.3 Å². The number of carbonyl (C=O) groups is 2. The van der Waals surface area contributed by atoms with Gasteiger partial charge in [-0.05, 0) is 35.9 Å². The number of benzene rings is 3. The first-order chi connectivity index (χ1) is 16.6. The number of hydrogen-bond acceptors (Lipinski definition) is 4. The van der Waals surface area contributed by atoms with E-state index in [1.54, 1.807) is 12.1 Å². The van der Waals surface area contributed by atoms with Crippen LogP contribution in [-0.2, 0) is 27.3 Å². The van der Waals surface area contributed by atoms with E-state index in [-0.39, 0.29) is 11.4 Å². The number of nitrogens with zero attached hydrogens (tertiary/aromatic N) is 1. The molecule has 1 atom stereocenters. The minimum atomic E-state index is -4.81. The molecular weight excluding hydrogens is 478 g/mol. The van der Waals surface area contributed by atoms with Gasteiger partial charge < -0.3 is 0 Å². The Balaban J connectivity index is 2.05. The number of para-hydroxylation sites is 2. The lowest BCUT2D eigenvalue weighted by Gasteiger charge is -2.31. The summed E-state index contributed by atoms with van der Waals surface area (Å²) in [6.45, 7) is -0.890. The molecule has 1 amide bonds. The van der Waals surface area contributed by atoms with Crippen LogP contribution >= 0.6 is 0 Å². The van der Waals surface area contributed by atoms with Crippen LogP contribution in [0.3, 0.4) is 0 Å². The summed E-state index contributed by atoms with van der Waals surface area (Å²) in [5, 5.41) is 2.02. The van der Waals surface area contributed by atoms with Gasteiger partial charge in [-0.3, -0.25) is 15.0 Å². The normalized spacial score (nSPS) is 12.6. The van der Waals surface area contributed by atoms with Crippen LogP contribution in [0.15, 0.2) is 84.9 Å². The Morgan fingerprint density at radius 3 is 1.77 bits per heavy atom. The number of alkyl halides is 5. The zero-order valence-corrected chi connectivity index (χ0v) is 17.8. The van der Waals surface area contributed by atoms with Crippen molar-refractivity contribution in [1.29, 1.82) is 0 Å². The van der Waals surface area contributed by atoms with E-state index in [0.717, 1.165) is 23.1 Å². The molecule has 11 heteroatoms. The van der Waals surface area contributed by atoms with Gasteiger partial charge in [0.05, 0.1) is 5.56 Å². The number of carbonyl (C=O) groups excluding carboxylic acids is 2. The molecule has 3 rings (SSSR count). The SMILES string of the molecule is O=C(C(NCc1ccccc1C(F)(F)F)C(F)(F)C(=O)OF)N(c1ccccc1)c1ccccc1. The monoisotopic (exact) mass is 496 g/mol. The number of nitrogens with one attached hydrogen (secondary N) is 1. The molecule has 0 aliphatic carbocycles. The quantitative estimate of drug-likeness (QED) is 0.413. The Hall–Kier alpha value is -3.86. The minimum Gasteiger partial charge on any atom is -0.296 e. The van der Waals surface area contributed by atoms with Crippen molar-refractivity contribution in [2.75, 3.05) is 4.90 Å². The van der Waals surface area contributed by atoms with Gasteiger partial charge in [0.15, 0.2) is 6.04 Å². The summed E-state index contributed by atoms with van der Waals surface area (Å²) < 4.78 is 82.4. The summed E-state index contributed by atoms with van der Waals surface area (Å²) in [4.78, 5) is 28.5. The van der Waals surface area contributed by atoms with Gasteiger partial charge in [-0.1, -0.05) is 54.6 Å². The molecule has 0 aromatic heterocycles. The largest absolute Gasteiger partial charge is 0.419 e. The molecule has 3 aromatic carbocycles. The van der Waals surface area contributed by atoms with Crippen LogP contribution < -0.4 is 10.2 Å². The number of anilines is 2. The molecule has 1 N–H and O–H groups in total. The zero-order chi connectivity index (χ0) is 25.6. The van der Waals surface area contributed by atoms with E-state index >= 15 is 0 Å². The number of halogens is 6. The van der Waals surface area contributed by atoms with Crippen molar-refractivity contribution in [1.82, 2.24) is 5.32 Å². The highest BCUT2D eigenvalue weighted by atomic mass is 19.4. The molecule has 0 spiro atoms. The molecule has 0 fully saturated rings. The fourth-order valence-electron chi connectivity index (χ4n) is 3.39. The van der Waals surface area contributed by atoms with Crippen LogP contribution in [-0.4, -0.2) is 23.8 Å². The van der Waals surface area contributed by atoms with Gasteiger partial charge in [0.1, 0.15) is 0 Å². The van der Waals surface area contributed by atoms with Crippen LogP contribution in [0.5, 0.6) is 0 Å². The summed E-state index contributed by atoms with van der Waals surface area (Å²) in [6, 6.07) is 16.3. The maximum Gasteiger partial charge on any atom is 0.419 e. The number of amides is 1. The lowest BCUT2D eigenvalue weighted by Crippen LogP contribution is -2.58. The predicted molar refractivity (Wildman–Crippen MR) is 114 cm³/mol. The van der Waals surface area contributed by atoms with Crippen LogP contribution in [0.4, 0.5) is 37.9 Å². The highest BCUT2D eigenvalue weighted by Crippen LogP contribution is 2.33. The molecule has 0 aliphatic heterocycles. The second kappa shape index (κ2) is 10.6. The highest BCUT2D eigenvalue weighted by Gasteiger charge is 2.55. The summed E-state index contributed by atoms with van der Waals surface area (Å²) in [5.74, 6) is -8.88. The summed E-state index contributed by atoms with van der Waals surface area (Å²) in [6.07, 6.45) is -4.81. The second-order valence-corrected chi connectivity index (χ2v) is 7.30. The van der Waals surface area contributed by atoms with Gasteiger partial charge in [-0.15, -0.1) is 0 Å². The maximum absolute atomic E-state index is 14.9. The fourth-order valence-corrected chi connectivity index (χ4v) is 3.39. The van der Waals surface area contributed by atoms with Gasteiger partial charge in [0.2, 0.25) is 0 Å². The molecule has 184 valence electrons. The first-order valence-corrected chi connectivity index (χ1v) is 10.1. The van der Waals surface area contributed by atoms with E-state index in [9.17, 15) is 36.1 Å². The standard InChI is InChI=1S/C24H18F6N2O3/c25-23(26,22(34)35-30)20(31-15-16-9-7-8-14-19(16)24(27,28)29)21(33)32(17-10-3-1-4-11-17)18-12-5-2-6-13-18/h1-14,20,31H,15H2. The van der Waals surface area contributed by atoms with Crippen LogP contribution in [0, 0.1) is 0 Å². The molecule has 0 heterocycles. The first-order valence-electron chi connectivity index (χ1n) is 10.1. The van der Waals surface area contributed by atoms with E-state index in [1.165, 1.54) is 54.6 Å². The molecule has 5 nitrogen and oxygen atoms in total. The van der Waals surface area contributed by atoms with E-state index < -0.39 is 47.7 Å². The molecular formula is C24H18F6N2O3. The van der Waals surface area contributed by atoms with Gasteiger partial charge in [-0.25, -0.2) is 9.74 Å². The third-order valence-corrected chi connectivity index (χ3v) is 5.02. The predicted octanol–water partition coefficient (Wildman–Crippen LogP) is 5.59. The third kappa shape index (κ3) is 5.80. The molecule has 3 aromatic rings. The zero-order valence-electron chi connectivity index (χ0n) is 17.8. The van der Waals surface area contributed by atoms with Crippen LogP contribution in [0.1, 0.15) is 11.1 Å². The molecule has 35 heavy (non-hydrogen) atoms. The van der Waals surface area contributed by atoms with Crippen molar-refractivity contribution in [2.24, 2.45) is 0 Å². The van der Waals surface area contributed by atoms with Crippen molar-refractivity contribution in [3.8, 4) is 0 Å². The smallest absolute Gasteiger partial charge is 0.296 e. The van der Waals surface area contributed by atoms with E-state index in [1.807, 2.05) is 5.32 Å². The molecule has 0 aliphatic rings. The second-order valence-electron chi connectivity index (χ2n) is 7.30. The average molecular weight is 496 g/mol. The Morgan fingerprint density at radius 1 is 0.800 bits per heavy atom. The Labute approximate surface area is 195 Å². The average Bonchev–Trinajstić information content (AvgIpc) is 2.84. The molecule has 0 radical (unpaired) electrons. The van der Waals surface area contributed by atoms with Crippen LogP contribution in [0.2, 0.25) is 0 Å². The van der Waals surface area contributed by atoms with Gasteiger partial charge in [0.25, 0.3) is 5.91 Å². The van der Waals surface area contributed by atoms with Crippen molar-refractivity contribution in [3.05, 3.63) is 96.1 Å². The van der Waals surface area contributed by atoms with Gasteiger partial charge in [0, 0.05) is 22.4 Å². The summed E-state index contributed by atoms with van der Waals surface area (Å²) >= 11 is 0. The van der Waals surface area contributed by atoms with Crippen molar-refractivity contribution < 1.29 is 41.0 Å². The minimum absolute atomic E-state index is 0.121. The van der Waals surface area contributed by atoms with Gasteiger partial charge in [-0.2, -0.15) is 22.0 Å². The van der Waals surface area contributed by atoms with Gasteiger partial charge >= 0.3 is 18.1 Å². The number of rotatable bonds is 8. The fraction of sp³-hybridized carbons (Fsp3) is 0.167. The molecule has 0 bridgehead atoms. The highest BCUT2D eigenvalue weighted by molar-refractivity contribution is 6.06. The Morgan fingerprint density at radius 2 is 1.29 bits per heavy atom. The molecule has 1 unspecified atom stereocenters. The Kier molecular flexibility index (Phi) is 7.80. The lowest BCUT2D eigenvalue weighted by molar-refractivity contribution is -0.215. The van der Waals surface area contributed by atoms with E-state index in [4.69, 9.17) is 0 Å². The topological polar surface area (TPSA) is 58.6 Å². The number of hydrogen-bond donors (Lipinski definition) is 1. The lowest BCUT2D eigenvalue weighted by atomic mass is 10.0. The summed E-state index contributed by atoms with van der Waals surface area (Å²) in [5.41, 5.74) is -1.35. The van der Waals surface area contributed by atoms with E-state index in [0.29, 0.717) is 0 Å². The molecule has 0 saturated carbocycles. The summed E-state index contributed by atoms with van der Waals surface area (Å²) in [7, 11) is 0. The first kappa shape index (κ1) is 25.8. The third-order valence-electron chi connectivity index (χ3n) is 5.02. The molecule has 0 saturated heterocycles. The van der Waals surface area contributed by atoms with E-state index in [2.05, 4.69) is 4.94 Å². The van der Waals surface area contributed by atoms with Crippen LogP contribution in [0.25, 0.3) is 0 Å². The van der Waals surface area contributed by atoms with Crippen molar-refractivity contribution in [2.45, 2.75) is 24.7 Å².